The number of aliphatic carboxylic acids is 2. The van der Waals surface area contributed by atoms with E-state index in [0.29, 0.717) is 0 Å². The number of amides is 1. The highest BCUT2D eigenvalue weighted by molar-refractivity contribution is 5.88. The van der Waals surface area contributed by atoms with E-state index in [1.165, 1.54) is 0 Å². The van der Waals surface area contributed by atoms with E-state index in [1.807, 2.05) is 0 Å². The van der Waals surface area contributed by atoms with Crippen LogP contribution in [-0.2, 0) is 14.4 Å². The fraction of sp³-hybridized carbons (Fsp3) is 0.625. The molecule has 0 spiro atoms. The number of hydrogen-bond acceptors (Lipinski definition) is 4. The van der Waals surface area contributed by atoms with Crippen molar-refractivity contribution in [2.24, 2.45) is 5.73 Å². The summed E-state index contributed by atoms with van der Waals surface area (Å²) < 4.78 is 0. The number of hydrogen-bond donors (Lipinski definition) is 3. The van der Waals surface area contributed by atoms with Gasteiger partial charge in [-0.3, -0.25) is 9.59 Å². The number of carboxylic acid groups (broad SMARTS) is 2. The van der Waals surface area contributed by atoms with Gasteiger partial charge in [0.25, 0.3) is 0 Å². The predicted octanol–water partition coefficient (Wildman–Crippen LogP) is -1.53. The lowest BCUT2D eigenvalue weighted by atomic mass is 10.2. The van der Waals surface area contributed by atoms with E-state index in [0.717, 1.165) is 4.90 Å². The van der Waals surface area contributed by atoms with Crippen LogP contribution in [0, 0.1) is 0 Å². The monoisotopic (exact) mass is 216 g/mol. The molecule has 0 bridgehead atoms. The van der Waals surface area contributed by atoms with Crippen molar-refractivity contribution in [2.45, 2.75) is 24.9 Å². The fourth-order valence-corrected chi connectivity index (χ4v) is 1.56. The standard InChI is InChI=1S/C8H12N2O5/c9-4-1-6(11)10(3-4)5(8(14)15)2-7(12)13/h4-5H,1-3,9H2,(H,12,13)(H,14,15)/t4?,5-/m0/s1. The van der Waals surface area contributed by atoms with E-state index in [-0.39, 0.29) is 13.0 Å². The molecule has 0 saturated carbocycles. The molecule has 1 aliphatic heterocycles. The lowest BCUT2D eigenvalue weighted by molar-refractivity contribution is -0.153. The number of likely N-dealkylation sites (tertiary alicyclic amines) is 1. The molecule has 7 heteroatoms. The number of rotatable bonds is 4. The number of carboxylic acids is 2. The summed E-state index contributed by atoms with van der Waals surface area (Å²) in [7, 11) is 0. The van der Waals surface area contributed by atoms with Crippen LogP contribution in [0.4, 0.5) is 0 Å². The molecule has 4 N–H and O–H groups in total. The van der Waals surface area contributed by atoms with Gasteiger partial charge in [0.05, 0.1) is 6.42 Å². The molecular weight excluding hydrogens is 204 g/mol. The third kappa shape index (κ3) is 2.66. The number of carbonyl (C=O) groups excluding carboxylic acids is 1. The van der Waals surface area contributed by atoms with Gasteiger partial charge in [0, 0.05) is 19.0 Å². The predicted molar refractivity (Wildman–Crippen MR) is 48.0 cm³/mol. The second-order valence-corrected chi connectivity index (χ2v) is 3.46. The smallest absolute Gasteiger partial charge is 0.327 e. The normalized spacial score (nSPS) is 22.9. The Morgan fingerprint density at radius 2 is 2.13 bits per heavy atom. The summed E-state index contributed by atoms with van der Waals surface area (Å²) in [6, 6.07) is -1.73. The molecule has 1 amide bonds. The maximum Gasteiger partial charge on any atom is 0.327 e. The fourth-order valence-electron chi connectivity index (χ4n) is 1.56. The number of nitrogens with zero attached hydrogens (tertiary/aromatic N) is 1. The van der Waals surface area contributed by atoms with Crippen LogP contribution in [0.15, 0.2) is 0 Å². The van der Waals surface area contributed by atoms with E-state index >= 15 is 0 Å². The van der Waals surface area contributed by atoms with E-state index in [2.05, 4.69) is 0 Å². The van der Waals surface area contributed by atoms with Gasteiger partial charge in [0.1, 0.15) is 6.04 Å². The zero-order valence-electron chi connectivity index (χ0n) is 7.92. The van der Waals surface area contributed by atoms with Crippen LogP contribution in [0.2, 0.25) is 0 Å². The average molecular weight is 216 g/mol. The van der Waals surface area contributed by atoms with Crippen molar-refractivity contribution in [3.63, 3.8) is 0 Å². The van der Waals surface area contributed by atoms with E-state index in [4.69, 9.17) is 15.9 Å². The highest BCUT2D eigenvalue weighted by atomic mass is 16.4. The Bertz CT molecular complexity index is 303. The summed E-state index contributed by atoms with van der Waals surface area (Å²) in [5, 5.41) is 17.3. The van der Waals surface area contributed by atoms with Crippen LogP contribution in [0.25, 0.3) is 0 Å². The molecule has 1 fully saturated rings. The molecule has 0 aromatic heterocycles. The summed E-state index contributed by atoms with van der Waals surface area (Å²) >= 11 is 0. The maximum atomic E-state index is 11.3. The van der Waals surface area contributed by atoms with Crippen LogP contribution in [0.1, 0.15) is 12.8 Å². The van der Waals surface area contributed by atoms with Crippen LogP contribution in [0.5, 0.6) is 0 Å². The van der Waals surface area contributed by atoms with Crippen molar-refractivity contribution in [3.8, 4) is 0 Å². The lowest BCUT2D eigenvalue weighted by Gasteiger charge is -2.22. The number of carbonyl (C=O) groups is 3. The summed E-state index contributed by atoms with van der Waals surface area (Å²) in [6.45, 7) is 0.100. The average Bonchev–Trinajstić information content (AvgIpc) is 2.40. The molecule has 1 rings (SSSR count). The molecule has 0 aromatic rings. The first kappa shape index (κ1) is 11.4. The van der Waals surface area contributed by atoms with E-state index < -0.39 is 36.4 Å². The molecule has 1 heterocycles. The van der Waals surface area contributed by atoms with Crippen LogP contribution in [-0.4, -0.2) is 51.6 Å². The molecule has 84 valence electrons. The van der Waals surface area contributed by atoms with E-state index in [1.54, 1.807) is 0 Å². The van der Waals surface area contributed by atoms with Gasteiger partial charge in [0.2, 0.25) is 5.91 Å². The molecule has 1 saturated heterocycles. The van der Waals surface area contributed by atoms with Crippen molar-refractivity contribution < 1.29 is 24.6 Å². The quantitative estimate of drug-likeness (QED) is 0.524. The van der Waals surface area contributed by atoms with Crippen molar-refractivity contribution in [2.75, 3.05) is 6.54 Å². The first-order valence-corrected chi connectivity index (χ1v) is 4.41. The van der Waals surface area contributed by atoms with Gasteiger partial charge in [-0.05, 0) is 0 Å². The Kier molecular flexibility index (Phi) is 3.25. The van der Waals surface area contributed by atoms with Gasteiger partial charge in [-0.1, -0.05) is 0 Å². The van der Waals surface area contributed by atoms with Crippen molar-refractivity contribution in [3.05, 3.63) is 0 Å². The van der Waals surface area contributed by atoms with Gasteiger partial charge in [0.15, 0.2) is 0 Å². The second kappa shape index (κ2) is 4.26. The van der Waals surface area contributed by atoms with Crippen LogP contribution >= 0.6 is 0 Å². The Balaban J connectivity index is 2.76. The van der Waals surface area contributed by atoms with Crippen LogP contribution < -0.4 is 5.73 Å². The first-order chi connectivity index (χ1) is 6.91. The Hall–Kier alpha value is -1.63. The molecule has 0 aliphatic carbocycles. The van der Waals surface area contributed by atoms with Crippen molar-refractivity contribution in [1.82, 2.24) is 4.90 Å². The molecule has 1 unspecified atom stereocenters. The largest absolute Gasteiger partial charge is 0.481 e. The van der Waals surface area contributed by atoms with Crippen molar-refractivity contribution >= 4 is 17.8 Å². The summed E-state index contributed by atoms with van der Waals surface area (Å²) in [4.78, 5) is 33.5. The molecule has 15 heavy (non-hydrogen) atoms. The van der Waals surface area contributed by atoms with Gasteiger partial charge >= 0.3 is 11.9 Å². The van der Waals surface area contributed by atoms with E-state index in [9.17, 15) is 14.4 Å². The number of nitrogens with two attached hydrogens (primary N) is 1. The molecule has 2 atom stereocenters. The highest BCUT2D eigenvalue weighted by Gasteiger charge is 2.37. The SMILES string of the molecule is NC1CC(=O)N([C@@H](CC(=O)O)C(=O)O)C1. The topological polar surface area (TPSA) is 121 Å². The van der Waals surface area contributed by atoms with Gasteiger partial charge in [-0.2, -0.15) is 0 Å². The third-order valence-electron chi connectivity index (χ3n) is 2.22. The Morgan fingerprint density at radius 1 is 1.53 bits per heavy atom. The zero-order chi connectivity index (χ0) is 11.6. The molecular formula is C8H12N2O5. The minimum atomic E-state index is -1.32. The highest BCUT2D eigenvalue weighted by Crippen LogP contribution is 2.15. The Labute approximate surface area is 85.5 Å². The zero-order valence-corrected chi connectivity index (χ0v) is 7.92. The summed E-state index contributed by atoms with van der Waals surface area (Å²) in [5.41, 5.74) is 5.48. The second-order valence-electron chi connectivity index (χ2n) is 3.46. The summed E-state index contributed by atoms with van der Waals surface area (Å²) in [6.07, 6.45) is -0.531. The van der Waals surface area contributed by atoms with Gasteiger partial charge < -0.3 is 20.8 Å². The summed E-state index contributed by atoms with van der Waals surface area (Å²) in [5.74, 6) is -2.98. The third-order valence-corrected chi connectivity index (χ3v) is 2.22. The minimum absolute atomic E-state index is 0.0728. The van der Waals surface area contributed by atoms with Crippen molar-refractivity contribution in [1.29, 1.82) is 0 Å². The lowest BCUT2D eigenvalue weighted by Crippen LogP contribution is -2.44. The molecule has 0 radical (unpaired) electrons. The molecule has 1 aliphatic rings. The maximum absolute atomic E-state index is 11.3. The minimum Gasteiger partial charge on any atom is -0.481 e. The molecule has 7 nitrogen and oxygen atoms in total. The van der Waals surface area contributed by atoms with Crippen LogP contribution in [0.3, 0.4) is 0 Å². The van der Waals surface area contributed by atoms with Gasteiger partial charge in [-0.15, -0.1) is 0 Å². The van der Waals surface area contributed by atoms with Gasteiger partial charge in [-0.25, -0.2) is 4.79 Å². The Morgan fingerprint density at radius 3 is 2.47 bits per heavy atom. The first-order valence-electron chi connectivity index (χ1n) is 4.41. The molecule has 0 aromatic carbocycles.